The third-order valence-electron chi connectivity index (χ3n) is 2.44. The van der Waals surface area contributed by atoms with Crippen LogP contribution in [0.3, 0.4) is 0 Å². The van der Waals surface area contributed by atoms with Crippen LogP contribution < -0.4 is 5.56 Å². The van der Waals surface area contributed by atoms with E-state index >= 15 is 0 Å². The second-order valence-electron chi connectivity index (χ2n) is 3.60. The molecule has 1 aromatic carbocycles. The first-order valence-electron chi connectivity index (χ1n) is 4.71. The molecule has 0 radical (unpaired) electrons. The maximum atomic E-state index is 13.3. The van der Waals surface area contributed by atoms with Crippen LogP contribution >= 0.6 is 11.6 Å². The van der Waals surface area contributed by atoms with Gasteiger partial charge in [0, 0.05) is 12.7 Å². The van der Waals surface area contributed by atoms with Gasteiger partial charge in [-0.1, -0.05) is 17.7 Å². The minimum Gasteiger partial charge on any atom is -0.300 e. The summed E-state index contributed by atoms with van der Waals surface area (Å²) in [5.41, 5.74) is 1.52. The Morgan fingerprint density at radius 3 is 2.62 bits per heavy atom. The number of benzene rings is 1. The molecule has 2 rings (SSSR count). The Morgan fingerprint density at radius 2 is 2.12 bits per heavy atom. The van der Waals surface area contributed by atoms with Gasteiger partial charge < -0.3 is 0 Å². The van der Waals surface area contributed by atoms with Gasteiger partial charge in [-0.05, 0) is 24.6 Å². The third-order valence-corrected chi connectivity index (χ3v) is 2.74. The van der Waals surface area contributed by atoms with Gasteiger partial charge in [-0.2, -0.15) is 0 Å². The smallest absolute Gasteiger partial charge is 0.274 e. The summed E-state index contributed by atoms with van der Waals surface area (Å²) in [5.74, 6) is -0.526. The van der Waals surface area contributed by atoms with Gasteiger partial charge in [-0.25, -0.2) is 4.39 Å². The minimum atomic E-state index is -0.526. The second kappa shape index (κ2) is 3.79. The molecule has 0 atom stereocenters. The van der Waals surface area contributed by atoms with E-state index in [4.69, 9.17) is 11.6 Å². The SMILES string of the molecule is Cc1[nH]n(C)c(=O)c1-c1ccc(Cl)c(F)c1. The number of aryl methyl sites for hydroxylation is 2. The van der Waals surface area contributed by atoms with Crippen LogP contribution in [0.1, 0.15) is 5.69 Å². The van der Waals surface area contributed by atoms with E-state index < -0.39 is 5.82 Å². The first-order valence-corrected chi connectivity index (χ1v) is 5.09. The monoisotopic (exact) mass is 240 g/mol. The number of H-pyrrole nitrogens is 1. The van der Waals surface area contributed by atoms with Crippen molar-refractivity contribution in [1.29, 1.82) is 0 Å². The predicted molar refractivity (Wildman–Crippen MR) is 61.2 cm³/mol. The fourth-order valence-electron chi connectivity index (χ4n) is 1.68. The molecule has 0 aliphatic carbocycles. The summed E-state index contributed by atoms with van der Waals surface area (Å²) in [4.78, 5) is 11.8. The zero-order valence-electron chi connectivity index (χ0n) is 8.84. The van der Waals surface area contributed by atoms with Crippen LogP contribution in [-0.2, 0) is 7.05 Å². The molecule has 0 aliphatic heterocycles. The van der Waals surface area contributed by atoms with Crippen LogP contribution in [0.15, 0.2) is 23.0 Å². The summed E-state index contributed by atoms with van der Waals surface area (Å²) in [5, 5.41) is 2.91. The lowest BCUT2D eigenvalue weighted by Gasteiger charge is -1.99. The number of aromatic amines is 1. The second-order valence-corrected chi connectivity index (χ2v) is 4.01. The average Bonchev–Trinajstić information content (AvgIpc) is 2.47. The summed E-state index contributed by atoms with van der Waals surface area (Å²) >= 11 is 5.59. The molecule has 0 spiro atoms. The van der Waals surface area contributed by atoms with Crippen LogP contribution in [0.25, 0.3) is 11.1 Å². The van der Waals surface area contributed by atoms with Crippen molar-refractivity contribution in [2.24, 2.45) is 7.05 Å². The number of nitrogens with one attached hydrogen (secondary N) is 1. The highest BCUT2D eigenvalue weighted by atomic mass is 35.5. The summed E-state index contributed by atoms with van der Waals surface area (Å²) in [6.07, 6.45) is 0. The van der Waals surface area contributed by atoms with Gasteiger partial charge in [0.25, 0.3) is 5.56 Å². The van der Waals surface area contributed by atoms with Crippen molar-refractivity contribution in [3.63, 3.8) is 0 Å². The molecule has 1 heterocycles. The lowest BCUT2D eigenvalue weighted by molar-refractivity contribution is 0.629. The maximum absolute atomic E-state index is 13.3. The number of nitrogens with zero attached hydrogens (tertiary/aromatic N) is 1. The lowest BCUT2D eigenvalue weighted by atomic mass is 10.1. The van der Waals surface area contributed by atoms with Gasteiger partial charge in [-0.3, -0.25) is 14.6 Å². The van der Waals surface area contributed by atoms with Gasteiger partial charge >= 0.3 is 0 Å². The maximum Gasteiger partial charge on any atom is 0.274 e. The third kappa shape index (κ3) is 1.65. The standard InChI is InChI=1S/C11H10ClFN2O/c1-6-10(11(16)15(2)14-6)7-3-4-8(12)9(13)5-7/h3-5,14H,1-2H3. The van der Waals surface area contributed by atoms with Crippen LogP contribution in [-0.4, -0.2) is 9.78 Å². The molecule has 0 unspecified atom stereocenters. The molecule has 0 saturated heterocycles. The zero-order valence-corrected chi connectivity index (χ0v) is 9.60. The zero-order chi connectivity index (χ0) is 11.9. The van der Waals surface area contributed by atoms with E-state index in [1.165, 1.54) is 16.8 Å². The molecule has 0 fully saturated rings. The molecule has 1 aromatic heterocycles. The van der Waals surface area contributed by atoms with E-state index in [0.717, 1.165) is 0 Å². The number of aromatic nitrogens is 2. The van der Waals surface area contributed by atoms with Gasteiger partial charge in [0.1, 0.15) is 5.82 Å². The predicted octanol–water partition coefficient (Wildman–Crippen LogP) is 2.48. The van der Waals surface area contributed by atoms with E-state index in [1.54, 1.807) is 20.0 Å². The molecular weight excluding hydrogens is 231 g/mol. The average molecular weight is 241 g/mol. The summed E-state index contributed by atoms with van der Waals surface area (Å²) in [7, 11) is 1.62. The first kappa shape index (κ1) is 11.0. The van der Waals surface area contributed by atoms with Gasteiger partial charge in [0.05, 0.1) is 10.6 Å². The molecule has 0 amide bonds. The van der Waals surface area contributed by atoms with Gasteiger partial charge in [0.15, 0.2) is 0 Å². The Morgan fingerprint density at radius 1 is 1.44 bits per heavy atom. The number of rotatable bonds is 1. The van der Waals surface area contributed by atoms with Gasteiger partial charge in [0.2, 0.25) is 0 Å². The summed E-state index contributed by atoms with van der Waals surface area (Å²) in [6, 6.07) is 4.33. The summed E-state index contributed by atoms with van der Waals surface area (Å²) < 4.78 is 14.6. The molecule has 0 saturated carbocycles. The highest BCUT2D eigenvalue weighted by Crippen LogP contribution is 2.23. The molecule has 84 valence electrons. The number of halogens is 2. The van der Waals surface area contributed by atoms with Crippen molar-refractivity contribution in [3.8, 4) is 11.1 Å². The molecular formula is C11H10ClFN2O. The Balaban J connectivity index is 2.68. The quantitative estimate of drug-likeness (QED) is 0.817. The van der Waals surface area contributed by atoms with E-state index in [1.807, 2.05) is 0 Å². The van der Waals surface area contributed by atoms with Crippen LogP contribution in [0.5, 0.6) is 0 Å². The highest BCUT2D eigenvalue weighted by Gasteiger charge is 2.12. The number of hydrogen-bond donors (Lipinski definition) is 1. The van der Waals surface area contributed by atoms with E-state index in [9.17, 15) is 9.18 Å². The molecule has 16 heavy (non-hydrogen) atoms. The van der Waals surface area contributed by atoms with Crippen molar-refractivity contribution >= 4 is 11.6 Å². The molecule has 2 aromatic rings. The van der Waals surface area contributed by atoms with Crippen molar-refractivity contribution in [1.82, 2.24) is 9.78 Å². The van der Waals surface area contributed by atoms with Crippen LogP contribution in [0.2, 0.25) is 5.02 Å². The molecule has 3 nitrogen and oxygen atoms in total. The number of hydrogen-bond acceptors (Lipinski definition) is 1. The van der Waals surface area contributed by atoms with Crippen molar-refractivity contribution < 1.29 is 4.39 Å². The summed E-state index contributed by atoms with van der Waals surface area (Å²) in [6.45, 7) is 1.77. The molecule has 5 heteroatoms. The Kier molecular flexibility index (Phi) is 2.59. The fraction of sp³-hybridized carbons (Fsp3) is 0.182. The van der Waals surface area contributed by atoms with Crippen molar-refractivity contribution in [3.05, 3.63) is 45.1 Å². The molecule has 0 aliphatic rings. The fourth-order valence-corrected chi connectivity index (χ4v) is 1.80. The van der Waals surface area contributed by atoms with E-state index in [-0.39, 0.29) is 10.6 Å². The van der Waals surface area contributed by atoms with Crippen LogP contribution in [0, 0.1) is 12.7 Å². The van der Waals surface area contributed by atoms with E-state index in [0.29, 0.717) is 16.8 Å². The largest absolute Gasteiger partial charge is 0.300 e. The Hall–Kier alpha value is -1.55. The topological polar surface area (TPSA) is 37.8 Å². The first-order chi connectivity index (χ1) is 7.50. The van der Waals surface area contributed by atoms with Crippen molar-refractivity contribution in [2.75, 3.05) is 0 Å². The van der Waals surface area contributed by atoms with Crippen LogP contribution in [0.4, 0.5) is 4.39 Å². The van der Waals surface area contributed by atoms with Gasteiger partial charge in [-0.15, -0.1) is 0 Å². The molecule has 1 N–H and O–H groups in total. The highest BCUT2D eigenvalue weighted by molar-refractivity contribution is 6.30. The minimum absolute atomic E-state index is 0.0498. The lowest BCUT2D eigenvalue weighted by Crippen LogP contribution is -2.13. The van der Waals surface area contributed by atoms with Crippen molar-refractivity contribution in [2.45, 2.75) is 6.92 Å². The van der Waals surface area contributed by atoms with E-state index in [2.05, 4.69) is 5.10 Å². The Bertz CT molecular complexity index is 601. The Labute approximate surface area is 96.5 Å². The molecule has 0 bridgehead atoms. The normalized spacial score (nSPS) is 10.8.